The lowest BCUT2D eigenvalue weighted by Gasteiger charge is -2.09. The van der Waals surface area contributed by atoms with Gasteiger partial charge in [-0.2, -0.15) is 0 Å². The van der Waals surface area contributed by atoms with Crippen LogP contribution in [0.2, 0.25) is 0 Å². The molecule has 2 rings (SSSR count). The van der Waals surface area contributed by atoms with E-state index in [1.807, 2.05) is 13.8 Å². The minimum absolute atomic E-state index is 0. The van der Waals surface area contributed by atoms with Gasteiger partial charge in [-0.3, -0.25) is 4.99 Å². The van der Waals surface area contributed by atoms with Gasteiger partial charge in [0.15, 0.2) is 5.96 Å². The molecule has 0 atom stereocenters. The summed E-state index contributed by atoms with van der Waals surface area (Å²) in [5.41, 5.74) is 1.95. The standard InChI is InChI=1S/C15H23N5OS.HI/c1-9(2)14-20-12(8-22-14)6-17-15(16-5)18-7-13-19-10(3)11(4)21-13;/h8-9H,6-7H2,1-5H3,(H2,16,17,18);1H. The van der Waals surface area contributed by atoms with Gasteiger partial charge >= 0.3 is 0 Å². The van der Waals surface area contributed by atoms with Gasteiger partial charge in [0.05, 0.1) is 29.5 Å². The third-order valence-corrected chi connectivity index (χ3v) is 4.40. The molecule has 0 amide bonds. The van der Waals surface area contributed by atoms with Crippen molar-refractivity contribution < 1.29 is 4.42 Å². The molecule has 2 heterocycles. The van der Waals surface area contributed by atoms with Gasteiger partial charge in [0, 0.05) is 18.3 Å². The molecule has 128 valence electrons. The van der Waals surface area contributed by atoms with Gasteiger partial charge in [0.2, 0.25) is 5.89 Å². The topological polar surface area (TPSA) is 75.3 Å². The number of thiazole rings is 1. The average Bonchev–Trinajstić information content (AvgIpc) is 3.07. The van der Waals surface area contributed by atoms with E-state index in [2.05, 4.69) is 44.8 Å². The summed E-state index contributed by atoms with van der Waals surface area (Å²) >= 11 is 1.70. The second-order valence-corrected chi connectivity index (χ2v) is 6.25. The molecule has 0 aromatic carbocycles. The van der Waals surface area contributed by atoms with Gasteiger partial charge in [0.25, 0.3) is 0 Å². The molecule has 0 saturated carbocycles. The van der Waals surface area contributed by atoms with Crippen LogP contribution in [0.15, 0.2) is 14.8 Å². The Balaban J connectivity index is 0.00000264. The highest BCUT2D eigenvalue weighted by molar-refractivity contribution is 14.0. The van der Waals surface area contributed by atoms with Gasteiger partial charge in [-0.15, -0.1) is 35.3 Å². The van der Waals surface area contributed by atoms with Crippen molar-refractivity contribution in [3.8, 4) is 0 Å². The summed E-state index contributed by atoms with van der Waals surface area (Å²) in [6.45, 7) is 9.29. The molecule has 0 aliphatic carbocycles. The molecule has 0 bridgehead atoms. The van der Waals surface area contributed by atoms with Crippen molar-refractivity contribution in [2.75, 3.05) is 7.05 Å². The Hall–Kier alpha value is -1.16. The monoisotopic (exact) mass is 449 g/mol. The number of nitrogens with zero attached hydrogens (tertiary/aromatic N) is 3. The Labute approximate surface area is 158 Å². The minimum atomic E-state index is 0. The van der Waals surface area contributed by atoms with Crippen molar-refractivity contribution in [3.05, 3.63) is 33.4 Å². The smallest absolute Gasteiger partial charge is 0.214 e. The largest absolute Gasteiger partial charge is 0.444 e. The van der Waals surface area contributed by atoms with E-state index in [1.165, 1.54) is 0 Å². The zero-order valence-corrected chi connectivity index (χ0v) is 17.3. The molecule has 0 unspecified atom stereocenters. The van der Waals surface area contributed by atoms with Gasteiger partial charge in [-0.25, -0.2) is 9.97 Å². The molecule has 0 saturated heterocycles. The molecule has 6 nitrogen and oxygen atoms in total. The van der Waals surface area contributed by atoms with Gasteiger partial charge in [-0.05, 0) is 13.8 Å². The number of aryl methyl sites for hydroxylation is 2. The van der Waals surface area contributed by atoms with Crippen molar-refractivity contribution in [3.63, 3.8) is 0 Å². The van der Waals surface area contributed by atoms with E-state index in [1.54, 1.807) is 18.4 Å². The molecule has 2 N–H and O–H groups in total. The number of aromatic nitrogens is 2. The Morgan fingerprint density at radius 3 is 2.48 bits per heavy atom. The summed E-state index contributed by atoms with van der Waals surface area (Å²) in [4.78, 5) is 13.1. The Bertz CT molecular complexity index is 631. The molecule has 8 heteroatoms. The second-order valence-electron chi connectivity index (χ2n) is 5.36. The fraction of sp³-hybridized carbons (Fsp3) is 0.533. The molecule has 2 aromatic rings. The first-order valence-corrected chi connectivity index (χ1v) is 8.19. The summed E-state index contributed by atoms with van der Waals surface area (Å²) in [5.74, 6) is 2.68. The zero-order valence-electron chi connectivity index (χ0n) is 14.1. The van der Waals surface area contributed by atoms with E-state index >= 15 is 0 Å². The van der Waals surface area contributed by atoms with Crippen LogP contribution in [0, 0.1) is 13.8 Å². The quantitative estimate of drug-likeness (QED) is 0.416. The Morgan fingerprint density at radius 2 is 1.96 bits per heavy atom. The Kier molecular flexibility index (Phi) is 7.97. The fourth-order valence-corrected chi connectivity index (χ4v) is 2.67. The van der Waals surface area contributed by atoms with Crippen molar-refractivity contribution in [1.29, 1.82) is 0 Å². The minimum Gasteiger partial charge on any atom is -0.444 e. The van der Waals surface area contributed by atoms with Crippen LogP contribution in [0.25, 0.3) is 0 Å². The number of oxazole rings is 1. The predicted octanol–water partition coefficient (Wildman–Crippen LogP) is 3.35. The molecule has 0 radical (unpaired) electrons. The fourth-order valence-electron chi connectivity index (χ4n) is 1.84. The highest BCUT2D eigenvalue weighted by Gasteiger charge is 2.08. The van der Waals surface area contributed by atoms with Crippen LogP contribution in [0.4, 0.5) is 0 Å². The summed E-state index contributed by atoms with van der Waals surface area (Å²) in [5, 5.41) is 9.67. The highest BCUT2D eigenvalue weighted by atomic mass is 127. The average molecular weight is 449 g/mol. The van der Waals surface area contributed by atoms with Crippen molar-refractivity contribution in [2.45, 2.75) is 46.7 Å². The number of hydrogen-bond acceptors (Lipinski definition) is 5. The maximum Gasteiger partial charge on any atom is 0.214 e. The van der Waals surface area contributed by atoms with E-state index in [-0.39, 0.29) is 24.0 Å². The molecular weight excluding hydrogens is 425 g/mol. The maximum absolute atomic E-state index is 5.53. The lowest BCUT2D eigenvalue weighted by atomic mass is 10.2. The van der Waals surface area contributed by atoms with E-state index in [4.69, 9.17) is 4.42 Å². The third-order valence-electron chi connectivity index (χ3n) is 3.20. The number of halogens is 1. The van der Waals surface area contributed by atoms with E-state index in [0.717, 1.165) is 22.2 Å². The molecule has 23 heavy (non-hydrogen) atoms. The third kappa shape index (κ3) is 5.76. The zero-order chi connectivity index (χ0) is 16.1. The molecule has 0 aliphatic rings. The molecule has 2 aromatic heterocycles. The van der Waals surface area contributed by atoms with E-state index in [0.29, 0.717) is 30.9 Å². The van der Waals surface area contributed by atoms with Gasteiger partial charge in [-0.1, -0.05) is 13.8 Å². The highest BCUT2D eigenvalue weighted by Crippen LogP contribution is 2.18. The van der Waals surface area contributed by atoms with E-state index in [9.17, 15) is 0 Å². The van der Waals surface area contributed by atoms with Crippen molar-refractivity contribution in [1.82, 2.24) is 20.6 Å². The molecule has 0 fully saturated rings. The Morgan fingerprint density at radius 1 is 1.26 bits per heavy atom. The summed E-state index contributed by atoms with van der Waals surface area (Å²) < 4.78 is 5.53. The van der Waals surface area contributed by atoms with Gasteiger partial charge in [0.1, 0.15) is 5.76 Å². The number of hydrogen-bond donors (Lipinski definition) is 2. The maximum atomic E-state index is 5.53. The lowest BCUT2D eigenvalue weighted by Crippen LogP contribution is -2.36. The second kappa shape index (κ2) is 9.21. The van der Waals surface area contributed by atoms with Crippen molar-refractivity contribution in [2.24, 2.45) is 4.99 Å². The van der Waals surface area contributed by atoms with Crippen LogP contribution in [0.3, 0.4) is 0 Å². The summed E-state index contributed by atoms with van der Waals surface area (Å²) in [6, 6.07) is 0. The van der Waals surface area contributed by atoms with Crippen LogP contribution < -0.4 is 10.6 Å². The number of nitrogens with one attached hydrogen (secondary N) is 2. The molecule has 0 aliphatic heterocycles. The number of aliphatic imine (C=N–C) groups is 1. The van der Waals surface area contributed by atoms with Crippen molar-refractivity contribution >= 4 is 41.3 Å². The van der Waals surface area contributed by atoms with Gasteiger partial charge < -0.3 is 15.1 Å². The first kappa shape index (κ1) is 19.9. The number of guanidine groups is 1. The summed E-state index contributed by atoms with van der Waals surface area (Å²) in [6.07, 6.45) is 0. The van der Waals surface area contributed by atoms with Crippen LogP contribution >= 0.6 is 35.3 Å². The normalized spacial score (nSPS) is 11.5. The first-order chi connectivity index (χ1) is 10.5. The molecule has 0 spiro atoms. The first-order valence-electron chi connectivity index (χ1n) is 7.31. The van der Waals surface area contributed by atoms with Crippen LogP contribution in [-0.2, 0) is 13.1 Å². The molecular formula is C15H24IN5OS. The van der Waals surface area contributed by atoms with Crippen LogP contribution in [-0.4, -0.2) is 23.0 Å². The van der Waals surface area contributed by atoms with Crippen LogP contribution in [0.5, 0.6) is 0 Å². The number of rotatable bonds is 5. The summed E-state index contributed by atoms with van der Waals surface area (Å²) in [7, 11) is 1.74. The SMILES string of the molecule is CN=C(NCc1csc(C(C)C)n1)NCc1nc(C)c(C)o1.I. The predicted molar refractivity (Wildman–Crippen MR) is 105 cm³/mol. The van der Waals surface area contributed by atoms with Crippen LogP contribution in [0.1, 0.15) is 47.8 Å². The van der Waals surface area contributed by atoms with E-state index < -0.39 is 0 Å². The lowest BCUT2D eigenvalue weighted by molar-refractivity contribution is 0.463.